The fraction of sp³-hybridized carbons (Fsp3) is 0.375. The standard InChI is InChI=1S/C16H5F15/c17-11(18,14(23,24)25)8-5-6-3-1-2-4-7(6)9(12(19,20)15(26,27)28)10(8)13(21,22)16(29,30)31/h1-5H. The van der Waals surface area contributed by atoms with Crippen molar-refractivity contribution in [3.05, 3.63) is 47.0 Å². The van der Waals surface area contributed by atoms with Crippen molar-refractivity contribution in [1.29, 1.82) is 0 Å². The van der Waals surface area contributed by atoms with Crippen LogP contribution in [0.1, 0.15) is 16.7 Å². The van der Waals surface area contributed by atoms with Crippen LogP contribution < -0.4 is 0 Å². The van der Waals surface area contributed by atoms with Crippen LogP contribution in [0.5, 0.6) is 0 Å². The van der Waals surface area contributed by atoms with Crippen molar-refractivity contribution in [2.75, 3.05) is 0 Å². The molecule has 31 heavy (non-hydrogen) atoms. The Morgan fingerprint density at radius 3 is 1.26 bits per heavy atom. The Bertz CT molecular complexity index is 975. The van der Waals surface area contributed by atoms with Crippen LogP contribution in [0.4, 0.5) is 65.9 Å². The van der Waals surface area contributed by atoms with Crippen LogP contribution >= 0.6 is 0 Å². The van der Waals surface area contributed by atoms with E-state index in [0.717, 1.165) is 6.07 Å². The van der Waals surface area contributed by atoms with Gasteiger partial charge in [0.15, 0.2) is 0 Å². The first-order valence-corrected chi connectivity index (χ1v) is 7.49. The summed E-state index contributed by atoms with van der Waals surface area (Å²) in [7, 11) is 0. The molecular weight excluding hydrogens is 477 g/mol. The molecule has 15 heteroatoms. The van der Waals surface area contributed by atoms with E-state index in [4.69, 9.17) is 0 Å². The average Bonchev–Trinajstić information content (AvgIpc) is 2.56. The Labute approximate surface area is 161 Å². The van der Waals surface area contributed by atoms with E-state index in [9.17, 15) is 65.9 Å². The quantitative estimate of drug-likeness (QED) is 0.392. The summed E-state index contributed by atoms with van der Waals surface area (Å²) in [6, 6.07) is 1.21. The number of alkyl halides is 15. The summed E-state index contributed by atoms with van der Waals surface area (Å²) in [5, 5.41) is -3.02. The zero-order chi connectivity index (χ0) is 24.4. The molecule has 0 aliphatic rings. The van der Waals surface area contributed by atoms with E-state index >= 15 is 0 Å². The molecular formula is C16H5F15. The molecule has 0 aromatic heterocycles. The third-order valence-corrected chi connectivity index (χ3v) is 4.08. The maximum atomic E-state index is 14.1. The summed E-state index contributed by atoms with van der Waals surface area (Å²) in [5.74, 6) is -20.3. The fourth-order valence-corrected chi connectivity index (χ4v) is 2.68. The number of rotatable bonds is 3. The van der Waals surface area contributed by atoms with Crippen LogP contribution in [-0.2, 0) is 17.8 Å². The van der Waals surface area contributed by atoms with Crippen molar-refractivity contribution < 1.29 is 65.9 Å². The topological polar surface area (TPSA) is 0 Å². The highest BCUT2D eigenvalue weighted by Crippen LogP contribution is 2.58. The highest BCUT2D eigenvalue weighted by Gasteiger charge is 2.70. The van der Waals surface area contributed by atoms with Crippen molar-refractivity contribution in [3.8, 4) is 0 Å². The van der Waals surface area contributed by atoms with Crippen LogP contribution in [0.3, 0.4) is 0 Å². The third-order valence-electron chi connectivity index (χ3n) is 4.08. The molecule has 0 bridgehead atoms. The Morgan fingerprint density at radius 1 is 0.452 bits per heavy atom. The lowest BCUT2D eigenvalue weighted by atomic mass is 9.84. The summed E-state index contributed by atoms with van der Waals surface area (Å²) >= 11 is 0. The zero-order valence-corrected chi connectivity index (χ0v) is 14.1. The maximum absolute atomic E-state index is 14.1. The van der Waals surface area contributed by atoms with Gasteiger partial charge in [0.1, 0.15) is 0 Å². The second kappa shape index (κ2) is 6.82. The predicted octanol–water partition coefficient (Wildman–Crippen LogP) is 7.80. The summed E-state index contributed by atoms with van der Waals surface area (Å²) < 4.78 is 199. The molecule has 0 N–H and O–H groups in total. The lowest BCUT2D eigenvalue weighted by Crippen LogP contribution is -2.44. The summed E-state index contributed by atoms with van der Waals surface area (Å²) in [5.41, 5.74) is -10.6. The summed E-state index contributed by atoms with van der Waals surface area (Å²) in [6.45, 7) is 0. The molecule has 0 aliphatic carbocycles. The van der Waals surface area contributed by atoms with Gasteiger partial charge in [0.2, 0.25) is 0 Å². The van der Waals surface area contributed by atoms with Crippen LogP contribution in [0, 0.1) is 0 Å². The minimum atomic E-state index is -7.11. The molecule has 2 aromatic carbocycles. The number of halogens is 15. The van der Waals surface area contributed by atoms with E-state index in [-0.39, 0.29) is 6.07 Å². The van der Waals surface area contributed by atoms with Crippen LogP contribution in [-0.4, -0.2) is 18.5 Å². The Hall–Kier alpha value is -2.35. The van der Waals surface area contributed by atoms with Gasteiger partial charge in [-0.15, -0.1) is 0 Å². The lowest BCUT2D eigenvalue weighted by Gasteiger charge is -2.33. The van der Waals surface area contributed by atoms with Gasteiger partial charge in [0, 0.05) is 11.1 Å². The number of benzene rings is 2. The molecule has 0 fully saturated rings. The van der Waals surface area contributed by atoms with E-state index in [1.807, 2.05) is 0 Å². The Morgan fingerprint density at radius 2 is 0.839 bits per heavy atom. The lowest BCUT2D eigenvalue weighted by molar-refractivity contribution is -0.308. The first kappa shape index (κ1) is 24.9. The molecule has 0 saturated heterocycles. The van der Waals surface area contributed by atoms with E-state index < -0.39 is 69.8 Å². The van der Waals surface area contributed by atoms with Crippen molar-refractivity contribution in [2.45, 2.75) is 36.3 Å². The van der Waals surface area contributed by atoms with Crippen LogP contribution in [0.15, 0.2) is 30.3 Å². The highest BCUT2D eigenvalue weighted by molar-refractivity contribution is 5.89. The first-order chi connectivity index (χ1) is 13.6. The minimum absolute atomic E-state index is 0.149. The third kappa shape index (κ3) is 3.75. The van der Waals surface area contributed by atoms with Gasteiger partial charge in [0.25, 0.3) is 0 Å². The first-order valence-electron chi connectivity index (χ1n) is 7.49. The van der Waals surface area contributed by atoms with Gasteiger partial charge in [-0.05, 0) is 16.8 Å². The summed E-state index contributed by atoms with van der Waals surface area (Å²) in [6.07, 6.45) is -21.0. The Balaban J connectivity index is 3.29. The number of fused-ring (bicyclic) bond motifs is 1. The number of hydrogen-bond acceptors (Lipinski definition) is 0. The van der Waals surface area contributed by atoms with Gasteiger partial charge in [-0.25, -0.2) is 0 Å². The molecule has 0 saturated carbocycles. The average molecular weight is 482 g/mol. The van der Waals surface area contributed by atoms with Crippen molar-refractivity contribution in [1.82, 2.24) is 0 Å². The number of hydrogen-bond donors (Lipinski definition) is 0. The molecule has 174 valence electrons. The van der Waals surface area contributed by atoms with E-state index in [1.54, 1.807) is 0 Å². The van der Waals surface area contributed by atoms with E-state index in [1.165, 1.54) is 0 Å². The van der Waals surface area contributed by atoms with Gasteiger partial charge in [0.05, 0.1) is 5.56 Å². The van der Waals surface area contributed by atoms with Gasteiger partial charge in [-0.3, -0.25) is 0 Å². The van der Waals surface area contributed by atoms with Gasteiger partial charge < -0.3 is 0 Å². The molecule has 0 spiro atoms. The smallest absolute Gasteiger partial charge is 0.191 e. The predicted molar refractivity (Wildman–Crippen MR) is 73.8 cm³/mol. The molecule has 0 amide bonds. The maximum Gasteiger partial charge on any atom is 0.458 e. The largest absolute Gasteiger partial charge is 0.458 e. The molecule has 2 aromatic rings. The normalized spacial score (nSPS) is 14.9. The zero-order valence-electron chi connectivity index (χ0n) is 14.1. The fourth-order valence-electron chi connectivity index (χ4n) is 2.68. The molecule has 0 nitrogen and oxygen atoms in total. The van der Waals surface area contributed by atoms with Crippen LogP contribution in [0.25, 0.3) is 10.8 Å². The SMILES string of the molecule is FC(F)(F)C(F)(F)c1cc2ccccc2c(C(F)(F)C(F)(F)F)c1C(F)(F)C(F)(F)F. The van der Waals surface area contributed by atoms with Gasteiger partial charge in [-0.1, -0.05) is 24.3 Å². The molecule has 0 heterocycles. The molecule has 0 unspecified atom stereocenters. The van der Waals surface area contributed by atoms with Crippen molar-refractivity contribution in [3.63, 3.8) is 0 Å². The van der Waals surface area contributed by atoms with Crippen molar-refractivity contribution >= 4 is 10.8 Å². The van der Waals surface area contributed by atoms with Gasteiger partial charge >= 0.3 is 36.3 Å². The highest BCUT2D eigenvalue weighted by atomic mass is 19.4. The molecule has 0 aliphatic heterocycles. The van der Waals surface area contributed by atoms with Crippen molar-refractivity contribution in [2.24, 2.45) is 0 Å². The molecule has 0 atom stereocenters. The van der Waals surface area contributed by atoms with E-state index in [2.05, 4.69) is 0 Å². The minimum Gasteiger partial charge on any atom is -0.191 e. The summed E-state index contributed by atoms with van der Waals surface area (Å²) in [4.78, 5) is 0. The second-order valence-electron chi connectivity index (χ2n) is 6.11. The van der Waals surface area contributed by atoms with E-state index in [0.29, 0.717) is 12.1 Å². The molecule has 2 rings (SSSR count). The van der Waals surface area contributed by atoms with Gasteiger partial charge in [-0.2, -0.15) is 65.9 Å². The monoisotopic (exact) mass is 482 g/mol. The van der Waals surface area contributed by atoms with Crippen LogP contribution in [0.2, 0.25) is 0 Å². The Kier molecular flexibility index (Phi) is 5.48. The second-order valence-corrected chi connectivity index (χ2v) is 6.11. The molecule has 0 radical (unpaired) electrons.